The minimum Gasteiger partial charge on any atom is -0.495 e. The molecule has 0 spiro atoms. The van der Waals surface area contributed by atoms with Crippen LogP contribution in [0.4, 0.5) is 5.69 Å². The predicted octanol–water partition coefficient (Wildman–Crippen LogP) is 3.48. The first-order valence-corrected chi connectivity index (χ1v) is 6.19. The van der Waals surface area contributed by atoms with E-state index in [1.807, 2.05) is 0 Å². The number of esters is 1. The maximum Gasteiger partial charge on any atom is 0.343 e. The lowest BCUT2D eigenvalue weighted by molar-refractivity contribution is -0.384. The molecule has 21 heavy (non-hydrogen) atoms. The van der Waals surface area contributed by atoms with Crippen LogP contribution in [0.1, 0.15) is 10.4 Å². The van der Waals surface area contributed by atoms with Gasteiger partial charge in [-0.25, -0.2) is 4.79 Å². The number of methoxy groups -OCH3 is 1. The zero-order valence-corrected chi connectivity index (χ0v) is 11.7. The predicted molar refractivity (Wildman–Crippen MR) is 76.1 cm³/mol. The molecule has 0 aromatic heterocycles. The highest BCUT2D eigenvalue weighted by atomic mass is 35.5. The molecule has 0 unspecified atom stereocenters. The second-order valence-corrected chi connectivity index (χ2v) is 4.40. The fraction of sp³-hybridized carbons (Fsp3) is 0.0714. The maximum atomic E-state index is 11.9. The van der Waals surface area contributed by atoms with Crippen molar-refractivity contribution in [2.75, 3.05) is 7.11 Å². The van der Waals surface area contributed by atoms with Gasteiger partial charge in [0.25, 0.3) is 5.69 Å². The summed E-state index contributed by atoms with van der Waals surface area (Å²) in [7, 11) is 1.47. The van der Waals surface area contributed by atoms with Gasteiger partial charge in [0.15, 0.2) is 0 Å². The van der Waals surface area contributed by atoms with Crippen LogP contribution in [0.25, 0.3) is 0 Å². The van der Waals surface area contributed by atoms with Gasteiger partial charge in [0.2, 0.25) is 0 Å². The summed E-state index contributed by atoms with van der Waals surface area (Å²) in [6, 6.07) is 9.69. The molecule has 0 saturated heterocycles. The van der Waals surface area contributed by atoms with Crippen LogP contribution in [-0.2, 0) is 0 Å². The van der Waals surface area contributed by atoms with Gasteiger partial charge < -0.3 is 9.47 Å². The minimum absolute atomic E-state index is 0.0812. The van der Waals surface area contributed by atoms with Crippen molar-refractivity contribution in [1.29, 1.82) is 0 Å². The van der Waals surface area contributed by atoms with E-state index < -0.39 is 10.9 Å². The van der Waals surface area contributed by atoms with Crippen molar-refractivity contribution in [2.45, 2.75) is 0 Å². The van der Waals surface area contributed by atoms with Crippen LogP contribution in [-0.4, -0.2) is 18.0 Å². The summed E-state index contributed by atoms with van der Waals surface area (Å²) in [5.74, 6) is 0.0366. The van der Waals surface area contributed by atoms with E-state index in [1.54, 1.807) is 6.07 Å². The number of nitro benzene ring substituents is 1. The molecule has 2 aromatic rings. The van der Waals surface area contributed by atoms with E-state index in [1.165, 1.54) is 43.5 Å². The van der Waals surface area contributed by atoms with Crippen molar-refractivity contribution < 1.29 is 19.2 Å². The molecule has 7 heteroatoms. The number of ether oxygens (including phenoxy) is 2. The Morgan fingerprint density at radius 1 is 1.19 bits per heavy atom. The normalized spacial score (nSPS) is 10.0. The smallest absolute Gasteiger partial charge is 0.343 e. The first-order chi connectivity index (χ1) is 10.0. The molecule has 0 heterocycles. The first kappa shape index (κ1) is 14.8. The lowest BCUT2D eigenvalue weighted by atomic mass is 10.2. The van der Waals surface area contributed by atoms with E-state index in [4.69, 9.17) is 21.1 Å². The summed E-state index contributed by atoms with van der Waals surface area (Å²) in [5.41, 5.74) is 0.168. The average molecular weight is 308 g/mol. The molecule has 0 aliphatic rings. The summed E-state index contributed by atoms with van der Waals surface area (Å²) in [5, 5.41) is 10.8. The van der Waals surface area contributed by atoms with E-state index in [0.29, 0.717) is 5.75 Å². The first-order valence-electron chi connectivity index (χ1n) is 5.81. The number of carbonyl (C=O) groups excluding carboxylic acids is 1. The number of non-ortho nitro benzene ring substituents is 1. The summed E-state index contributed by atoms with van der Waals surface area (Å²) >= 11 is 5.92. The van der Waals surface area contributed by atoms with Gasteiger partial charge in [-0.15, -0.1) is 0 Å². The molecule has 0 saturated carbocycles. The molecule has 2 aromatic carbocycles. The second-order valence-electron chi connectivity index (χ2n) is 3.99. The van der Waals surface area contributed by atoms with Crippen LogP contribution in [0.5, 0.6) is 11.5 Å². The lowest BCUT2D eigenvalue weighted by Crippen LogP contribution is -2.08. The van der Waals surface area contributed by atoms with Gasteiger partial charge in [0.05, 0.1) is 22.6 Å². The highest BCUT2D eigenvalue weighted by Crippen LogP contribution is 2.26. The van der Waals surface area contributed by atoms with Crippen LogP contribution in [0.3, 0.4) is 0 Å². The number of nitro groups is 1. The minimum atomic E-state index is -0.617. The van der Waals surface area contributed by atoms with Crippen molar-refractivity contribution in [3.63, 3.8) is 0 Å². The Kier molecular flexibility index (Phi) is 4.39. The summed E-state index contributed by atoms with van der Waals surface area (Å²) in [6.07, 6.45) is 0. The monoisotopic (exact) mass is 307 g/mol. The highest BCUT2D eigenvalue weighted by molar-refractivity contribution is 6.32. The second kappa shape index (κ2) is 6.23. The number of halogens is 1. The summed E-state index contributed by atoms with van der Waals surface area (Å²) in [4.78, 5) is 21.9. The Hall–Kier alpha value is -2.60. The summed E-state index contributed by atoms with van der Waals surface area (Å²) < 4.78 is 10.1. The molecular formula is C14H10ClNO5. The SMILES string of the molecule is COc1ccc(C(=O)Oc2ccc([N+](=O)[O-])cc2)cc1Cl. The zero-order chi connectivity index (χ0) is 15.4. The molecule has 0 atom stereocenters. The van der Waals surface area contributed by atoms with E-state index in [2.05, 4.69) is 0 Å². The van der Waals surface area contributed by atoms with Gasteiger partial charge in [-0.2, -0.15) is 0 Å². The molecule has 0 fully saturated rings. The summed E-state index contributed by atoms with van der Waals surface area (Å²) in [6.45, 7) is 0. The van der Waals surface area contributed by atoms with Crippen molar-refractivity contribution in [3.8, 4) is 11.5 Å². The number of hydrogen-bond donors (Lipinski definition) is 0. The Bertz CT molecular complexity index is 684. The number of nitrogens with zero attached hydrogens (tertiary/aromatic N) is 1. The molecule has 2 rings (SSSR count). The number of carbonyl (C=O) groups is 1. The van der Waals surface area contributed by atoms with Crippen LogP contribution in [0.2, 0.25) is 5.02 Å². The van der Waals surface area contributed by atoms with Crippen LogP contribution in [0, 0.1) is 10.1 Å². The number of hydrogen-bond acceptors (Lipinski definition) is 5. The highest BCUT2D eigenvalue weighted by Gasteiger charge is 2.12. The van der Waals surface area contributed by atoms with Gasteiger partial charge in [-0.05, 0) is 30.3 Å². The molecule has 0 amide bonds. The average Bonchev–Trinajstić information content (AvgIpc) is 2.47. The van der Waals surface area contributed by atoms with E-state index in [-0.39, 0.29) is 22.0 Å². The Labute approximate surface area is 125 Å². The lowest BCUT2D eigenvalue weighted by Gasteiger charge is -2.06. The number of benzene rings is 2. The molecule has 108 valence electrons. The van der Waals surface area contributed by atoms with Crippen molar-refractivity contribution in [3.05, 3.63) is 63.2 Å². The Balaban J connectivity index is 2.14. The molecular weight excluding hydrogens is 298 g/mol. The topological polar surface area (TPSA) is 78.7 Å². The van der Waals surface area contributed by atoms with Gasteiger partial charge >= 0.3 is 5.97 Å². The quantitative estimate of drug-likeness (QED) is 0.374. The fourth-order valence-electron chi connectivity index (χ4n) is 1.60. The van der Waals surface area contributed by atoms with E-state index in [9.17, 15) is 14.9 Å². The van der Waals surface area contributed by atoms with Crippen LogP contribution >= 0.6 is 11.6 Å². The molecule has 0 radical (unpaired) electrons. The largest absolute Gasteiger partial charge is 0.495 e. The zero-order valence-electron chi connectivity index (χ0n) is 10.9. The third kappa shape index (κ3) is 3.49. The van der Waals surface area contributed by atoms with Gasteiger partial charge in [0.1, 0.15) is 11.5 Å². The van der Waals surface area contributed by atoms with Crippen LogP contribution < -0.4 is 9.47 Å². The van der Waals surface area contributed by atoms with Gasteiger partial charge in [-0.1, -0.05) is 11.6 Å². The van der Waals surface area contributed by atoms with Crippen LogP contribution in [0.15, 0.2) is 42.5 Å². The third-order valence-electron chi connectivity index (χ3n) is 2.65. The molecule has 0 aliphatic heterocycles. The maximum absolute atomic E-state index is 11.9. The van der Waals surface area contributed by atoms with Crippen molar-refractivity contribution in [2.24, 2.45) is 0 Å². The Morgan fingerprint density at radius 3 is 2.38 bits per heavy atom. The number of rotatable bonds is 4. The van der Waals surface area contributed by atoms with E-state index in [0.717, 1.165) is 0 Å². The van der Waals surface area contributed by atoms with Crippen molar-refractivity contribution >= 4 is 23.3 Å². The van der Waals surface area contributed by atoms with Crippen molar-refractivity contribution in [1.82, 2.24) is 0 Å². The standard InChI is InChI=1S/C14H10ClNO5/c1-20-13-7-2-9(8-12(13)15)14(17)21-11-5-3-10(4-6-11)16(18)19/h2-8H,1H3. The molecule has 6 nitrogen and oxygen atoms in total. The molecule has 0 N–H and O–H groups in total. The van der Waals surface area contributed by atoms with E-state index >= 15 is 0 Å². The third-order valence-corrected chi connectivity index (χ3v) is 2.94. The van der Waals surface area contributed by atoms with Gasteiger partial charge in [-0.3, -0.25) is 10.1 Å². The van der Waals surface area contributed by atoms with Gasteiger partial charge in [0, 0.05) is 12.1 Å². The molecule has 0 aliphatic carbocycles. The molecule has 0 bridgehead atoms. The fourth-order valence-corrected chi connectivity index (χ4v) is 1.85. The Morgan fingerprint density at radius 2 is 1.86 bits per heavy atom.